The summed E-state index contributed by atoms with van der Waals surface area (Å²) in [7, 11) is 0. The maximum atomic E-state index is 11.1. The van der Waals surface area contributed by atoms with Crippen LogP contribution in [-0.4, -0.2) is 15.5 Å². The molecule has 3 N–H and O–H groups in total. The van der Waals surface area contributed by atoms with Crippen molar-refractivity contribution in [3.05, 3.63) is 28.8 Å². The fourth-order valence-corrected chi connectivity index (χ4v) is 2.06. The Labute approximate surface area is 114 Å². The van der Waals surface area contributed by atoms with E-state index in [2.05, 4.69) is 28.7 Å². The molecule has 0 fully saturated rings. The second-order valence-corrected chi connectivity index (χ2v) is 4.88. The van der Waals surface area contributed by atoms with Gasteiger partial charge in [0.1, 0.15) is 0 Å². The van der Waals surface area contributed by atoms with E-state index >= 15 is 0 Å². The van der Waals surface area contributed by atoms with Crippen LogP contribution in [0.2, 0.25) is 0 Å². The number of nitrogen functional groups attached to an aromatic ring is 1. The summed E-state index contributed by atoms with van der Waals surface area (Å²) >= 11 is 2.11. The van der Waals surface area contributed by atoms with Gasteiger partial charge in [0.05, 0.1) is 17.0 Å². The Balaban J connectivity index is 3.49. The lowest BCUT2D eigenvalue weighted by Crippen LogP contribution is -2.22. The molecular weight excluding hydrogens is 331 g/mol. The molecule has 0 aromatic heterocycles. The van der Waals surface area contributed by atoms with E-state index in [-0.39, 0.29) is 5.56 Å². The lowest BCUT2D eigenvalue weighted by molar-refractivity contribution is 0.0696. The van der Waals surface area contributed by atoms with E-state index in [4.69, 9.17) is 10.8 Å². The Hall–Kier alpha value is -1.29. The van der Waals surface area contributed by atoms with E-state index in [0.29, 0.717) is 21.2 Å². The fraction of sp³-hybridized carbons (Fsp3) is 0.333. The van der Waals surface area contributed by atoms with Crippen molar-refractivity contribution in [2.75, 3.05) is 10.2 Å². The predicted molar refractivity (Wildman–Crippen MR) is 74.4 cm³/mol. The van der Waals surface area contributed by atoms with Gasteiger partial charge in [-0.15, -0.1) is 0 Å². The molecule has 1 aromatic carbocycles. The number of rotatable bonds is 3. The van der Waals surface area contributed by atoms with E-state index in [9.17, 15) is 10.1 Å². The van der Waals surface area contributed by atoms with Crippen molar-refractivity contribution in [1.29, 1.82) is 5.26 Å². The maximum absolute atomic E-state index is 11.1. The number of carboxylic acid groups (broad SMARTS) is 1. The zero-order chi connectivity index (χ0) is 13.2. The summed E-state index contributed by atoms with van der Waals surface area (Å²) in [4.78, 5) is 11.1. The van der Waals surface area contributed by atoms with Gasteiger partial charge in [-0.3, -0.25) is 0 Å². The largest absolute Gasteiger partial charge is 0.478 e. The number of carboxylic acids is 1. The minimum Gasteiger partial charge on any atom is -0.478 e. The van der Waals surface area contributed by atoms with Gasteiger partial charge in [0.2, 0.25) is 0 Å². The molecular formula is C12H13IN2O2. The molecule has 0 bridgehead atoms. The number of carbonyl (C=O) groups is 1. The molecule has 90 valence electrons. The smallest absolute Gasteiger partial charge is 0.336 e. The third kappa shape index (κ3) is 2.52. The van der Waals surface area contributed by atoms with Crippen molar-refractivity contribution in [2.24, 2.45) is 0 Å². The lowest BCUT2D eigenvalue weighted by atomic mass is 9.84. The Bertz CT molecular complexity index is 508. The third-order valence-electron chi connectivity index (χ3n) is 2.83. The SMILES string of the molecule is Cc1c(N)cc(C(C)(C#N)CI)cc1C(=O)O. The van der Waals surface area contributed by atoms with Crippen molar-refractivity contribution in [2.45, 2.75) is 19.3 Å². The number of nitrogens with zero attached hydrogens (tertiary/aromatic N) is 1. The zero-order valence-corrected chi connectivity index (χ0v) is 11.8. The van der Waals surface area contributed by atoms with Crippen LogP contribution in [-0.2, 0) is 5.41 Å². The Kier molecular flexibility index (Phi) is 3.98. The van der Waals surface area contributed by atoms with E-state index in [0.717, 1.165) is 0 Å². The topological polar surface area (TPSA) is 87.1 Å². The van der Waals surface area contributed by atoms with Crippen molar-refractivity contribution >= 4 is 34.2 Å². The van der Waals surface area contributed by atoms with E-state index in [1.165, 1.54) is 6.07 Å². The van der Waals surface area contributed by atoms with E-state index in [1.807, 2.05) is 0 Å². The zero-order valence-electron chi connectivity index (χ0n) is 9.62. The number of nitriles is 1. The highest BCUT2D eigenvalue weighted by Crippen LogP contribution is 2.30. The number of benzene rings is 1. The van der Waals surface area contributed by atoms with Crippen LogP contribution in [0.4, 0.5) is 5.69 Å². The number of halogens is 1. The molecule has 0 saturated heterocycles. The lowest BCUT2D eigenvalue weighted by Gasteiger charge is -2.21. The van der Waals surface area contributed by atoms with Gasteiger partial charge in [0, 0.05) is 10.1 Å². The quantitative estimate of drug-likeness (QED) is 0.501. The minimum atomic E-state index is -1.02. The second-order valence-electron chi connectivity index (χ2n) is 4.12. The van der Waals surface area contributed by atoms with Crippen LogP contribution >= 0.6 is 22.6 Å². The molecule has 0 radical (unpaired) electrons. The molecule has 0 amide bonds. The maximum Gasteiger partial charge on any atom is 0.336 e. The van der Waals surface area contributed by atoms with Gasteiger partial charge >= 0.3 is 5.97 Å². The van der Waals surface area contributed by atoms with Gasteiger partial charge in [-0.05, 0) is 37.1 Å². The van der Waals surface area contributed by atoms with Crippen LogP contribution in [0, 0.1) is 18.3 Å². The van der Waals surface area contributed by atoms with Crippen molar-refractivity contribution in [3.8, 4) is 6.07 Å². The predicted octanol–water partition coefficient (Wildman–Crippen LogP) is 2.49. The molecule has 5 heteroatoms. The number of hydrogen-bond donors (Lipinski definition) is 2. The number of alkyl halides is 1. The Morgan fingerprint density at radius 2 is 2.24 bits per heavy atom. The molecule has 1 unspecified atom stereocenters. The summed E-state index contributed by atoms with van der Waals surface area (Å²) in [6.07, 6.45) is 0. The molecule has 1 atom stereocenters. The van der Waals surface area contributed by atoms with Crippen LogP contribution in [0.3, 0.4) is 0 Å². The number of nitrogens with two attached hydrogens (primary N) is 1. The molecule has 17 heavy (non-hydrogen) atoms. The van der Waals surface area contributed by atoms with Gasteiger partial charge in [0.15, 0.2) is 0 Å². The summed E-state index contributed by atoms with van der Waals surface area (Å²) in [6.45, 7) is 3.44. The molecule has 0 spiro atoms. The van der Waals surface area contributed by atoms with Gasteiger partial charge in [0.25, 0.3) is 0 Å². The second kappa shape index (κ2) is 4.92. The van der Waals surface area contributed by atoms with Crippen molar-refractivity contribution in [1.82, 2.24) is 0 Å². The number of anilines is 1. The van der Waals surface area contributed by atoms with Crippen LogP contribution in [0.5, 0.6) is 0 Å². The highest BCUT2D eigenvalue weighted by atomic mass is 127. The first-order valence-electron chi connectivity index (χ1n) is 4.97. The van der Waals surface area contributed by atoms with Crippen LogP contribution in [0.15, 0.2) is 12.1 Å². The normalized spacial score (nSPS) is 13.8. The highest BCUT2D eigenvalue weighted by Gasteiger charge is 2.27. The minimum absolute atomic E-state index is 0.159. The molecule has 1 rings (SSSR count). The summed E-state index contributed by atoms with van der Waals surface area (Å²) in [6, 6.07) is 5.42. The highest BCUT2D eigenvalue weighted by molar-refractivity contribution is 14.1. The van der Waals surface area contributed by atoms with Crippen LogP contribution in [0.25, 0.3) is 0 Å². The van der Waals surface area contributed by atoms with Gasteiger partial charge < -0.3 is 10.8 Å². The molecule has 4 nitrogen and oxygen atoms in total. The van der Waals surface area contributed by atoms with Gasteiger partial charge in [-0.25, -0.2) is 4.79 Å². The first-order valence-corrected chi connectivity index (χ1v) is 6.49. The summed E-state index contributed by atoms with van der Waals surface area (Å²) in [5, 5.41) is 18.3. The van der Waals surface area contributed by atoms with Crippen LogP contribution in [0.1, 0.15) is 28.4 Å². The van der Waals surface area contributed by atoms with Crippen molar-refractivity contribution in [3.63, 3.8) is 0 Å². The summed E-state index contributed by atoms with van der Waals surface area (Å²) in [5.41, 5.74) is 6.83. The van der Waals surface area contributed by atoms with Gasteiger partial charge in [-0.2, -0.15) is 5.26 Å². The molecule has 0 saturated carbocycles. The third-order valence-corrected chi connectivity index (χ3v) is 4.36. The average molecular weight is 344 g/mol. The van der Waals surface area contributed by atoms with E-state index in [1.54, 1.807) is 19.9 Å². The fourth-order valence-electron chi connectivity index (χ4n) is 1.45. The Morgan fingerprint density at radius 3 is 2.65 bits per heavy atom. The van der Waals surface area contributed by atoms with Gasteiger partial charge in [-0.1, -0.05) is 22.6 Å². The molecule has 1 aromatic rings. The molecule has 0 aliphatic heterocycles. The molecule has 0 aliphatic rings. The average Bonchev–Trinajstić information content (AvgIpc) is 2.30. The van der Waals surface area contributed by atoms with Crippen molar-refractivity contribution < 1.29 is 9.90 Å². The summed E-state index contributed by atoms with van der Waals surface area (Å²) in [5.74, 6) is -1.02. The standard InChI is InChI=1S/C12H13IN2O2/c1-7-9(11(16)17)3-8(4-10(7)15)12(2,5-13)6-14/h3-4H,5,15H2,1-2H3,(H,16,17). The Morgan fingerprint density at radius 1 is 1.65 bits per heavy atom. The number of aromatic carboxylic acids is 1. The van der Waals surface area contributed by atoms with Crippen LogP contribution < -0.4 is 5.73 Å². The first-order chi connectivity index (χ1) is 7.85. The molecule has 0 aliphatic carbocycles. The molecule has 0 heterocycles. The monoisotopic (exact) mass is 344 g/mol. The van der Waals surface area contributed by atoms with E-state index < -0.39 is 11.4 Å². The first kappa shape index (κ1) is 13.8. The summed E-state index contributed by atoms with van der Waals surface area (Å²) < 4.78 is 0.572. The number of hydrogen-bond acceptors (Lipinski definition) is 3.